The fourth-order valence-corrected chi connectivity index (χ4v) is 4.94. The van der Waals surface area contributed by atoms with Gasteiger partial charge >= 0.3 is 6.03 Å². The molecule has 1 aliphatic heterocycles. The highest BCUT2D eigenvalue weighted by Crippen LogP contribution is 2.38. The van der Waals surface area contributed by atoms with Gasteiger partial charge < -0.3 is 14.8 Å². The van der Waals surface area contributed by atoms with Gasteiger partial charge in [-0.2, -0.15) is 5.10 Å². The second-order valence-electron chi connectivity index (χ2n) is 9.44. The van der Waals surface area contributed by atoms with Crippen molar-refractivity contribution in [3.63, 3.8) is 0 Å². The van der Waals surface area contributed by atoms with Gasteiger partial charge in [0.15, 0.2) is 0 Å². The average molecular weight is 488 g/mol. The number of amides is 2. The molecule has 0 radical (unpaired) electrons. The minimum absolute atomic E-state index is 0.0944. The van der Waals surface area contributed by atoms with Crippen molar-refractivity contribution in [1.29, 1.82) is 0 Å². The topological polar surface area (TPSA) is 55.1 Å². The summed E-state index contributed by atoms with van der Waals surface area (Å²) in [5.74, 6) is 1.47. The van der Waals surface area contributed by atoms with Crippen LogP contribution < -0.4 is 5.32 Å². The van der Waals surface area contributed by atoms with Gasteiger partial charge in [0.2, 0.25) is 0 Å². The van der Waals surface area contributed by atoms with Crippen molar-refractivity contribution in [2.75, 3.05) is 6.54 Å². The van der Waals surface area contributed by atoms with Gasteiger partial charge in [-0.1, -0.05) is 55.8 Å². The monoisotopic (exact) mass is 487 g/mol. The van der Waals surface area contributed by atoms with Crippen LogP contribution in [0.3, 0.4) is 0 Å². The number of aromatic nitrogens is 3. The summed E-state index contributed by atoms with van der Waals surface area (Å²) in [6.45, 7) is 7.39. The average Bonchev–Trinajstić information content (AvgIpc) is 3.40. The van der Waals surface area contributed by atoms with Gasteiger partial charge in [0.25, 0.3) is 0 Å². The summed E-state index contributed by atoms with van der Waals surface area (Å²) in [6, 6.07) is 21.6. The Bertz CT molecular complexity index is 1340. The van der Waals surface area contributed by atoms with E-state index in [4.69, 9.17) is 16.7 Å². The zero-order valence-corrected chi connectivity index (χ0v) is 21.0. The van der Waals surface area contributed by atoms with E-state index in [1.165, 1.54) is 0 Å². The third-order valence-corrected chi connectivity index (χ3v) is 6.75. The summed E-state index contributed by atoms with van der Waals surface area (Å²) in [7, 11) is 0. The number of halogens is 1. The normalized spacial score (nSPS) is 15.0. The van der Waals surface area contributed by atoms with E-state index in [1.807, 2.05) is 83.4 Å². The first-order chi connectivity index (χ1) is 16.9. The maximum Gasteiger partial charge on any atom is 0.318 e. The lowest BCUT2D eigenvalue weighted by Gasteiger charge is -2.31. The van der Waals surface area contributed by atoms with Crippen molar-refractivity contribution < 1.29 is 4.79 Å². The molecule has 0 saturated heterocycles. The zero-order chi connectivity index (χ0) is 24.5. The molecule has 2 amide bonds. The Morgan fingerprint density at radius 2 is 1.91 bits per heavy atom. The number of nitrogens with zero attached hydrogens (tertiary/aromatic N) is 4. The summed E-state index contributed by atoms with van der Waals surface area (Å²) < 4.78 is 4.14. The van der Waals surface area contributed by atoms with Crippen LogP contribution in [-0.2, 0) is 6.54 Å². The number of carbonyl (C=O) groups excluding carboxylic acids is 1. The lowest BCUT2D eigenvalue weighted by Crippen LogP contribution is -2.42. The van der Waals surface area contributed by atoms with E-state index in [1.54, 1.807) is 0 Å². The van der Waals surface area contributed by atoms with Crippen LogP contribution in [0.1, 0.15) is 48.8 Å². The Balaban J connectivity index is 1.67. The molecule has 5 rings (SSSR count). The molecule has 35 heavy (non-hydrogen) atoms. The largest absolute Gasteiger partial charge is 0.338 e. The Labute approximate surface area is 211 Å². The predicted molar refractivity (Wildman–Crippen MR) is 139 cm³/mol. The van der Waals surface area contributed by atoms with Crippen LogP contribution >= 0.6 is 11.6 Å². The number of nitrogens with one attached hydrogen (secondary N) is 1. The first kappa shape index (κ1) is 23.2. The van der Waals surface area contributed by atoms with Gasteiger partial charge in [-0.05, 0) is 61.2 Å². The summed E-state index contributed by atoms with van der Waals surface area (Å²) in [5.41, 5.74) is 4.86. The van der Waals surface area contributed by atoms with Crippen molar-refractivity contribution in [1.82, 2.24) is 24.6 Å². The molecular weight excluding hydrogens is 458 g/mol. The second kappa shape index (κ2) is 9.62. The second-order valence-corrected chi connectivity index (χ2v) is 9.87. The van der Waals surface area contributed by atoms with Gasteiger partial charge in [-0.15, -0.1) is 0 Å². The molecular formula is C28H30ClN5O. The molecule has 180 valence electrons. The molecule has 1 aliphatic rings. The Morgan fingerprint density at radius 1 is 1.11 bits per heavy atom. The van der Waals surface area contributed by atoms with Crippen molar-refractivity contribution in [2.45, 2.75) is 39.8 Å². The summed E-state index contributed by atoms with van der Waals surface area (Å²) in [6.07, 6.45) is 2.97. The number of para-hydroxylation sites is 1. The molecule has 0 fully saturated rings. The molecule has 4 aromatic rings. The Hall–Kier alpha value is -3.51. The van der Waals surface area contributed by atoms with Crippen LogP contribution in [0.15, 0.2) is 72.9 Å². The molecule has 2 aromatic heterocycles. The van der Waals surface area contributed by atoms with Crippen LogP contribution in [0.4, 0.5) is 4.79 Å². The number of hydrogen-bond donors (Lipinski definition) is 1. The number of fused-ring (bicyclic) bond motifs is 3. The summed E-state index contributed by atoms with van der Waals surface area (Å²) in [5, 5.41) is 8.69. The molecule has 0 bridgehead atoms. The molecule has 1 N–H and O–H groups in total. The quantitative estimate of drug-likeness (QED) is 0.360. The van der Waals surface area contributed by atoms with Crippen molar-refractivity contribution in [3.8, 4) is 11.5 Å². The Kier molecular flexibility index (Phi) is 6.39. The van der Waals surface area contributed by atoms with Gasteiger partial charge in [0.1, 0.15) is 5.82 Å². The van der Waals surface area contributed by atoms with Gasteiger partial charge in [0, 0.05) is 23.3 Å². The number of aryl methyl sites for hydroxylation is 1. The zero-order valence-electron chi connectivity index (χ0n) is 20.3. The summed E-state index contributed by atoms with van der Waals surface area (Å²) >= 11 is 6.41. The van der Waals surface area contributed by atoms with Gasteiger partial charge in [0.05, 0.1) is 29.7 Å². The van der Waals surface area contributed by atoms with E-state index in [-0.39, 0.29) is 12.1 Å². The smallest absolute Gasteiger partial charge is 0.318 e. The van der Waals surface area contributed by atoms with Crippen molar-refractivity contribution >= 4 is 17.6 Å². The van der Waals surface area contributed by atoms with E-state index in [0.29, 0.717) is 24.0 Å². The molecule has 0 aliphatic carbocycles. The van der Waals surface area contributed by atoms with Gasteiger partial charge in [-0.25, -0.2) is 9.48 Å². The lowest BCUT2D eigenvalue weighted by atomic mass is 10.0. The van der Waals surface area contributed by atoms with Crippen LogP contribution in [0, 0.1) is 12.8 Å². The molecule has 0 unspecified atom stereocenters. The van der Waals surface area contributed by atoms with Crippen LogP contribution in [0.2, 0.25) is 5.02 Å². The highest BCUT2D eigenvalue weighted by Gasteiger charge is 2.35. The fourth-order valence-electron chi connectivity index (χ4n) is 4.75. The SMILES string of the molecule is Cc1nn(-c2ccccc2)c2c1CN(C(=O)NCCC(C)C)[C@@H](c1cccc(Cl)c1)c1cccn1-2. The molecule has 7 heteroatoms. The van der Waals surface area contributed by atoms with Crippen LogP contribution in [0.25, 0.3) is 11.5 Å². The maximum absolute atomic E-state index is 13.7. The lowest BCUT2D eigenvalue weighted by molar-refractivity contribution is 0.180. The predicted octanol–water partition coefficient (Wildman–Crippen LogP) is 6.29. The Morgan fingerprint density at radius 3 is 2.66 bits per heavy atom. The van der Waals surface area contributed by atoms with Crippen LogP contribution in [0.5, 0.6) is 0 Å². The fraction of sp³-hybridized carbons (Fsp3) is 0.286. The van der Waals surface area contributed by atoms with Crippen molar-refractivity contribution in [3.05, 3.63) is 100 Å². The first-order valence-corrected chi connectivity index (χ1v) is 12.4. The maximum atomic E-state index is 13.7. The minimum Gasteiger partial charge on any atom is -0.338 e. The molecule has 6 nitrogen and oxygen atoms in total. The van der Waals surface area contributed by atoms with Crippen molar-refractivity contribution in [2.24, 2.45) is 5.92 Å². The minimum atomic E-state index is -0.307. The summed E-state index contributed by atoms with van der Waals surface area (Å²) in [4.78, 5) is 15.6. The number of rotatable bonds is 5. The molecule has 0 saturated carbocycles. The van der Waals surface area contributed by atoms with Crippen LogP contribution in [-0.4, -0.2) is 31.8 Å². The van der Waals surface area contributed by atoms with E-state index < -0.39 is 0 Å². The number of hydrogen-bond acceptors (Lipinski definition) is 2. The molecule has 0 spiro atoms. The molecule has 3 heterocycles. The number of carbonyl (C=O) groups is 1. The first-order valence-electron chi connectivity index (χ1n) is 12.1. The molecule has 2 aromatic carbocycles. The highest BCUT2D eigenvalue weighted by atomic mass is 35.5. The third-order valence-electron chi connectivity index (χ3n) is 6.51. The highest BCUT2D eigenvalue weighted by molar-refractivity contribution is 6.30. The van der Waals surface area contributed by atoms with E-state index in [2.05, 4.69) is 29.8 Å². The third kappa shape index (κ3) is 4.46. The number of benzene rings is 2. The standard InChI is InChI=1S/C28H30ClN5O/c1-19(2)14-15-30-28(35)33-18-24-20(3)31-34(23-11-5-4-6-12-23)27(24)32-16-8-13-25(32)26(33)21-9-7-10-22(29)17-21/h4-13,16-17,19,26H,14-15,18H2,1-3H3,(H,30,35)/t26-/m0/s1. The van der Waals surface area contributed by atoms with E-state index >= 15 is 0 Å². The van der Waals surface area contributed by atoms with Gasteiger partial charge in [-0.3, -0.25) is 0 Å². The van der Waals surface area contributed by atoms with E-state index in [0.717, 1.165) is 40.4 Å². The molecule has 1 atom stereocenters. The van der Waals surface area contributed by atoms with E-state index in [9.17, 15) is 4.79 Å². The number of urea groups is 1.